The van der Waals surface area contributed by atoms with Gasteiger partial charge in [-0.1, -0.05) is 88.7 Å². The average molecular weight is 265 g/mol. The lowest BCUT2D eigenvalue weighted by atomic mass is 9.65. The zero-order valence-corrected chi connectivity index (χ0v) is 13.1. The summed E-state index contributed by atoms with van der Waals surface area (Å²) in [4.78, 5) is 0. The molecule has 0 nitrogen and oxygen atoms in total. The predicted octanol–water partition coefficient (Wildman–Crippen LogP) is 5.59. The maximum atomic E-state index is 3.13. The average Bonchev–Trinajstić information content (AvgIpc) is 2.49. The van der Waals surface area contributed by atoms with Crippen LogP contribution in [-0.2, 0) is 5.41 Å². The normalized spacial score (nSPS) is 14.8. The van der Waals surface area contributed by atoms with Crippen LogP contribution in [0.4, 0.5) is 0 Å². The highest BCUT2D eigenvalue weighted by molar-refractivity contribution is 5.32. The number of hydrogen-bond donors (Lipinski definition) is 0. The molecule has 0 bridgehead atoms. The van der Waals surface area contributed by atoms with Gasteiger partial charge >= 0.3 is 0 Å². The Balaban J connectivity index is 2.46. The van der Waals surface area contributed by atoms with E-state index in [-0.39, 0.29) is 5.41 Å². The fourth-order valence-electron chi connectivity index (χ4n) is 3.35. The molecule has 2 aromatic rings. The molecule has 2 atom stereocenters. The van der Waals surface area contributed by atoms with Gasteiger partial charge in [-0.15, -0.1) is 0 Å². The van der Waals surface area contributed by atoms with Crippen LogP contribution in [0.1, 0.15) is 51.2 Å². The third kappa shape index (κ3) is 2.95. The molecule has 2 aromatic carbocycles. The second kappa shape index (κ2) is 6.26. The van der Waals surface area contributed by atoms with Crippen LogP contribution in [-0.4, -0.2) is 0 Å². The van der Waals surface area contributed by atoms with Crippen LogP contribution in [0.5, 0.6) is 0 Å². The van der Waals surface area contributed by atoms with E-state index in [4.69, 9.17) is 0 Å². The fraction of sp³-hybridized carbons (Fsp3) is 0.400. The van der Waals surface area contributed by atoms with Crippen molar-refractivity contribution in [3.63, 3.8) is 0 Å². The van der Waals surface area contributed by atoms with Crippen molar-refractivity contribution in [2.75, 3.05) is 0 Å². The first-order valence-corrected chi connectivity index (χ1v) is 7.59. The first-order chi connectivity index (χ1) is 9.57. The minimum atomic E-state index is 0.117. The molecule has 0 amide bonds. The summed E-state index contributed by atoms with van der Waals surface area (Å²) >= 11 is 0. The van der Waals surface area contributed by atoms with E-state index in [0.717, 1.165) is 0 Å². The van der Waals surface area contributed by atoms with E-state index in [1.165, 1.54) is 17.5 Å². The van der Waals surface area contributed by atoms with Crippen LogP contribution in [0.25, 0.3) is 0 Å². The molecular formula is C20H25. The van der Waals surface area contributed by atoms with E-state index < -0.39 is 0 Å². The molecule has 0 saturated heterocycles. The zero-order chi connectivity index (χ0) is 14.6. The lowest BCUT2D eigenvalue weighted by Crippen LogP contribution is -2.31. The lowest BCUT2D eigenvalue weighted by Gasteiger charge is -2.39. The van der Waals surface area contributed by atoms with Crippen molar-refractivity contribution < 1.29 is 0 Å². The maximum Gasteiger partial charge on any atom is -0.00324 e. The Morgan fingerprint density at radius 3 is 2.15 bits per heavy atom. The van der Waals surface area contributed by atoms with Gasteiger partial charge in [0.15, 0.2) is 0 Å². The van der Waals surface area contributed by atoms with Crippen molar-refractivity contribution in [2.24, 2.45) is 5.92 Å². The molecule has 20 heavy (non-hydrogen) atoms. The van der Waals surface area contributed by atoms with Gasteiger partial charge in [0.1, 0.15) is 0 Å². The molecule has 0 aromatic heterocycles. The smallest absolute Gasteiger partial charge is 0.00324 e. The Kier molecular flexibility index (Phi) is 4.65. The standard InChI is InChI=1S/C20H25/c1-5-16(2)19(17-12-8-6-9-13-17)20(3,4)18-14-10-7-11-15-18/h6,8-16,19H,5H2,1-4H3. The van der Waals surface area contributed by atoms with Gasteiger partial charge < -0.3 is 0 Å². The van der Waals surface area contributed by atoms with Gasteiger partial charge in [0, 0.05) is 0 Å². The van der Waals surface area contributed by atoms with Gasteiger partial charge in [0.2, 0.25) is 0 Å². The summed E-state index contributed by atoms with van der Waals surface area (Å²) in [5, 5.41) is 0. The Morgan fingerprint density at radius 1 is 1.00 bits per heavy atom. The van der Waals surface area contributed by atoms with Gasteiger partial charge in [-0.3, -0.25) is 0 Å². The molecule has 0 spiro atoms. The summed E-state index contributed by atoms with van der Waals surface area (Å²) in [6.45, 7) is 9.39. The lowest BCUT2D eigenvalue weighted by molar-refractivity contribution is 0.305. The molecule has 0 aliphatic heterocycles. The second-order valence-corrected chi connectivity index (χ2v) is 6.28. The Bertz CT molecular complexity index is 510. The SMILES string of the molecule is CCC(C)C(c1ccccc1)C(C)(C)c1cc[c]cc1. The van der Waals surface area contributed by atoms with Gasteiger partial charge in [0.25, 0.3) is 0 Å². The van der Waals surface area contributed by atoms with Crippen LogP contribution in [0, 0.1) is 12.0 Å². The van der Waals surface area contributed by atoms with Crippen LogP contribution in [0.3, 0.4) is 0 Å². The summed E-state index contributed by atoms with van der Waals surface area (Å²) in [5.74, 6) is 1.17. The molecule has 1 radical (unpaired) electrons. The summed E-state index contributed by atoms with van der Waals surface area (Å²) in [6, 6.07) is 22.5. The van der Waals surface area contributed by atoms with Gasteiger partial charge in [-0.2, -0.15) is 0 Å². The summed E-state index contributed by atoms with van der Waals surface area (Å²) in [7, 11) is 0. The van der Waals surface area contributed by atoms with Crippen molar-refractivity contribution in [1.82, 2.24) is 0 Å². The highest BCUT2D eigenvalue weighted by Gasteiger charge is 2.35. The number of rotatable bonds is 5. The molecule has 0 saturated carbocycles. The third-order valence-corrected chi connectivity index (χ3v) is 4.61. The van der Waals surface area contributed by atoms with E-state index in [0.29, 0.717) is 11.8 Å². The van der Waals surface area contributed by atoms with Crippen molar-refractivity contribution in [2.45, 2.75) is 45.4 Å². The van der Waals surface area contributed by atoms with Gasteiger partial charge in [-0.25, -0.2) is 0 Å². The monoisotopic (exact) mass is 265 g/mol. The van der Waals surface area contributed by atoms with Crippen molar-refractivity contribution >= 4 is 0 Å². The molecule has 0 heterocycles. The Hall–Kier alpha value is -1.56. The minimum Gasteiger partial charge on any atom is -0.0651 e. The largest absolute Gasteiger partial charge is 0.0651 e. The topological polar surface area (TPSA) is 0 Å². The Morgan fingerprint density at radius 2 is 1.60 bits per heavy atom. The van der Waals surface area contributed by atoms with Crippen molar-refractivity contribution in [3.8, 4) is 0 Å². The summed E-state index contributed by atoms with van der Waals surface area (Å²) in [6.07, 6.45) is 1.20. The van der Waals surface area contributed by atoms with Crippen LogP contribution < -0.4 is 0 Å². The first kappa shape index (κ1) is 14.8. The molecular weight excluding hydrogens is 240 g/mol. The molecule has 2 rings (SSSR count). The quantitative estimate of drug-likeness (QED) is 0.660. The highest BCUT2D eigenvalue weighted by Crippen LogP contribution is 2.44. The van der Waals surface area contributed by atoms with E-state index in [9.17, 15) is 0 Å². The predicted molar refractivity (Wildman–Crippen MR) is 86.9 cm³/mol. The molecule has 105 valence electrons. The van der Waals surface area contributed by atoms with E-state index in [1.807, 2.05) is 12.1 Å². The molecule has 0 aliphatic rings. The number of benzene rings is 2. The number of hydrogen-bond acceptors (Lipinski definition) is 0. The first-order valence-electron chi connectivity index (χ1n) is 7.59. The molecule has 0 fully saturated rings. The summed E-state index contributed by atoms with van der Waals surface area (Å²) in [5.41, 5.74) is 2.95. The fourth-order valence-corrected chi connectivity index (χ4v) is 3.35. The molecule has 0 heteroatoms. The maximum absolute atomic E-state index is 3.13. The summed E-state index contributed by atoms with van der Waals surface area (Å²) < 4.78 is 0. The van der Waals surface area contributed by atoms with E-state index in [1.54, 1.807) is 0 Å². The van der Waals surface area contributed by atoms with E-state index >= 15 is 0 Å². The van der Waals surface area contributed by atoms with Crippen LogP contribution in [0.2, 0.25) is 0 Å². The second-order valence-electron chi connectivity index (χ2n) is 6.28. The minimum absolute atomic E-state index is 0.117. The molecule has 0 aliphatic carbocycles. The van der Waals surface area contributed by atoms with Crippen LogP contribution >= 0.6 is 0 Å². The van der Waals surface area contributed by atoms with Gasteiger partial charge in [0.05, 0.1) is 0 Å². The van der Waals surface area contributed by atoms with Crippen LogP contribution in [0.15, 0.2) is 54.6 Å². The third-order valence-electron chi connectivity index (χ3n) is 4.61. The highest BCUT2D eigenvalue weighted by atomic mass is 14.4. The van der Waals surface area contributed by atoms with Crippen molar-refractivity contribution in [3.05, 3.63) is 71.8 Å². The zero-order valence-electron chi connectivity index (χ0n) is 13.1. The molecule has 2 unspecified atom stereocenters. The molecule has 0 N–H and O–H groups in total. The van der Waals surface area contributed by atoms with E-state index in [2.05, 4.69) is 76.2 Å². The Labute approximate surface area is 123 Å². The van der Waals surface area contributed by atoms with Crippen molar-refractivity contribution in [1.29, 1.82) is 0 Å². The van der Waals surface area contributed by atoms with Gasteiger partial charge in [-0.05, 0) is 34.4 Å².